The van der Waals surface area contributed by atoms with Gasteiger partial charge in [0.1, 0.15) is 5.00 Å². The molecule has 1 N–H and O–H groups in total. The molecular weight excluding hydrogens is 526 g/mol. The van der Waals surface area contributed by atoms with Crippen LogP contribution in [0.15, 0.2) is 29.2 Å². The molecule has 0 saturated heterocycles. The van der Waals surface area contributed by atoms with Crippen LogP contribution in [0.5, 0.6) is 0 Å². The van der Waals surface area contributed by atoms with Crippen LogP contribution in [0.2, 0.25) is 0 Å². The zero-order valence-electron chi connectivity index (χ0n) is 21.7. The number of carbonyl (C=O) groups excluding carboxylic acids is 2. The van der Waals surface area contributed by atoms with Gasteiger partial charge in [0.2, 0.25) is 10.0 Å². The number of amides is 1. The summed E-state index contributed by atoms with van der Waals surface area (Å²) in [5.74, 6) is -0.959. The minimum atomic E-state index is -3.95. The topological polar surface area (TPSA) is 144 Å². The van der Waals surface area contributed by atoms with Gasteiger partial charge in [-0.25, -0.2) is 13.2 Å². The summed E-state index contributed by atoms with van der Waals surface area (Å²) in [5, 5.41) is 21.0. The quantitative estimate of drug-likeness (QED) is 0.411. The van der Waals surface area contributed by atoms with Crippen molar-refractivity contribution in [1.82, 2.24) is 9.21 Å². The van der Waals surface area contributed by atoms with Gasteiger partial charge in [0.25, 0.3) is 5.91 Å². The Bertz CT molecular complexity index is 1340. The number of esters is 1. The van der Waals surface area contributed by atoms with Crippen LogP contribution >= 0.6 is 11.3 Å². The Morgan fingerprint density at radius 3 is 2.34 bits per heavy atom. The Hall–Kier alpha value is -3.29. The lowest BCUT2D eigenvalue weighted by atomic mass is 10.0. The second kappa shape index (κ2) is 13.0. The van der Waals surface area contributed by atoms with E-state index in [1.165, 1.54) is 35.6 Å². The van der Waals surface area contributed by atoms with Gasteiger partial charge in [-0.1, -0.05) is 0 Å². The van der Waals surface area contributed by atoms with Crippen LogP contribution in [0.4, 0.5) is 5.00 Å². The summed E-state index contributed by atoms with van der Waals surface area (Å²) in [5.41, 5.74) is 1.50. The van der Waals surface area contributed by atoms with E-state index in [0.29, 0.717) is 29.6 Å². The molecule has 0 fully saturated rings. The fraction of sp³-hybridized carbons (Fsp3) is 0.462. The summed E-state index contributed by atoms with van der Waals surface area (Å²) >= 11 is 1.36. The molecule has 38 heavy (non-hydrogen) atoms. The number of hydrogen-bond donors (Lipinski definition) is 1. The average Bonchev–Trinajstić information content (AvgIpc) is 3.25. The maximum absolute atomic E-state index is 13.1. The van der Waals surface area contributed by atoms with Crippen molar-refractivity contribution in [2.75, 3.05) is 31.6 Å². The number of nitrogens with zero attached hydrogens (tertiary/aromatic N) is 4. The number of ether oxygens (including phenoxy) is 1. The molecule has 12 heteroatoms. The summed E-state index contributed by atoms with van der Waals surface area (Å²) in [6, 6.07) is 9.61. The Labute approximate surface area is 227 Å². The number of fused-ring (bicyclic) bond motifs is 1. The maximum Gasteiger partial charge on any atom is 0.341 e. The number of thiophene rings is 1. The number of sulfonamides is 1. The minimum Gasteiger partial charge on any atom is -0.462 e. The third kappa shape index (κ3) is 6.58. The highest BCUT2D eigenvalue weighted by Gasteiger charge is 2.30. The first-order valence-electron chi connectivity index (χ1n) is 12.3. The van der Waals surface area contributed by atoms with E-state index in [-0.39, 0.29) is 43.0 Å². The summed E-state index contributed by atoms with van der Waals surface area (Å²) in [7, 11) is -3.95. The average molecular weight is 558 g/mol. The van der Waals surface area contributed by atoms with Crippen LogP contribution in [0, 0.1) is 22.7 Å². The molecule has 1 aliphatic heterocycles. The molecule has 10 nitrogen and oxygen atoms in total. The van der Waals surface area contributed by atoms with Crippen LogP contribution in [-0.2, 0) is 27.7 Å². The molecule has 0 bridgehead atoms. The predicted molar refractivity (Wildman–Crippen MR) is 143 cm³/mol. The molecule has 0 radical (unpaired) electrons. The Morgan fingerprint density at radius 2 is 1.79 bits per heavy atom. The van der Waals surface area contributed by atoms with Crippen molar-refractivity contribution in [1.29, 1.82) is 10.5 Å². The molecule has 0 saturated carbocycles. The van der Waals surface area contributed by atoms with Gasteiger partial charge in [-0.15, -0.1) is 11.3 Å². The van der Waals surface area contributed by atoms with E-state index in [4.69, 9.17) is 15.3 Å². The lowest BCUT2D eigenvalue weighted by molar-refractivity contribution is 0.0526. The first-order chi connectivity index (χ1) is 18.1. The molecule has 2 heterocycles. The van der Waals surface area contributed by atoms with Gasteiger partial charge in [-0.05, 0) is 57.0 Å². The van der Waals surface area contributed by atoms with Crippen LogP contribution < -0.4 is 5.32 Å². The van der Waals surface area contributed by atoms with E-state index >= 15 is 0 Å². The van der Waals surface area contributed by atoms with E-state index in [9.17, 15) is 18.0 Å². The highest BCUT2D eigenvalue weighted by molar-refractivity contribution is 7.89. The largest absolute Gasteiger partial charge is 0.462 e. The molecule has 0 aliphatic carbocycles. The molecular formula is C26H31N5O5S2. The maximum atomic E-state index is 13.1. The molecule has 1 amide bonds. The van der Waals surface area contributed by atoms with Gasteiger partial charge < -0.3 is 10.1 Å². The monoisotopic (exact) mass is 557 g/mol. The molecule has 1 aromatic carbocycles. The molecule has 2 aromatic rings. The fourth-order valence-electron chi connectivity index (χ4n) is 4.18. The van der Waals surface area contributed by atoms with Crippen molar-refractivity contribution < 1.29 is 22.7 Å². The normalized spacial score (nSPS) is 13.6. The highest BCUT2D eigenvalue weighted by atomic mass is 32.2. The lowest BCUT2D eigenvalue weighted by Crippen LogP contribution is -2.35. The molecule has 1 aliphatic rings. The molecule has 202 valence electrons. The number of nitriles is 2. The number of anilines is 1. The van der Waals surface area contributed by atoms with Crippen LogP contribution in [0.25, 0.3) is 0 Å². The van der Waals surface area contributed by atoms with Crippen molar-refractivity contribution in [2.24, 2.45) is 0 Å². The summed E-state index contributed by atoms with van der Waals surface area (Å²) in [4.78, 5) is 29.2. The minimum absolute atomic E-state index is 0.00628. The van der Waals surface area contributed by atoms with Gasteiger partial charge in [-0.3, -0.25) is 9.69 Å². The first kappa shape index (κ1) is 29.3. The summed E-state index contributed by atoms with van der Waals surface area (Å²) in [6.07, 6.45) is 0.663. The lowest BCUT2D eigenvalue weighted by Gasteiger charge is -2.30. The van der Waals surface area contributed by atoms with Crippen molar-refractivity contribution >= 4 is 38.2 Å². The predicted octanol–water partition coefficient (Wildman–Crippen LogP) is 3.76. The van der Waals surface area contributed by atoms with Crippen molar-refractivity contribution in [3.05, 3.63) is 45.8 Å². The highest BCUT2D eigenvalue weighted by Crippen LogP contribution is 2.38. The summed E-state index contributed by atoms with van der Waals surface area (Å²) < 4.78 is 32.4. The third-order valence-electron chi connectivity index (χ3n) is 6.22. The molecule has 1 aromatic heterocycles. The van der Waals surface area contributed by atoms with E-state index in [0.717, 1.165) is 21.3 Å². The first-order valence-corrected chi connectivity index (χ1v) is 14.6. The van der Waals surface area contributed by atoms with Gasteiger partial charge in [0.05, 0.1) is 29.2 Å². The van der Waals surface area contributed by atoms with Crippen LogP contribution in [0.3, 0.4) is 0 Å². The van der Waals surface area contributed by atoms with Crippen LogP contribution in [-0.4, -0.2) is 61.8 Å². The Kier molecular flexibility index (Phi) is 10.00. The number of benzene rings is 1. The number of rotatable bonds is 11. The van der Waals surface area contributed by atoms with Crippen molar-refractivity contribution in [2.45, 2.75) is 57.5 Å². The number of carbonyl (C=O) groups is 2. The second-order valence-electron chi connectivity index (χ2n) is 8.94. The van der Waals surface area contributed by atoms with E-state index in [2.05, 4.69) is 24.1 Å². The zero-order chi connectivity index (χ0) is 27.9. The van der Waals surface area contributed by atoms with E-state index in [1.54, 1.807) is 6.92 Å². The molecule has 0 atom stereocenters. The van der Waals surface area contributed by atoms with E-state index < -0.39 is 21.9 Å². The van der Waals surface area contributed by atoms with E-state index in [1.807, 2.05) is 12.1 Å². The zero-order valence-corrected chi connectivity index (χ0v) is 23.3. The summed E-state index contributed by atoms with van der Waals surface area (Å²) in [6.45, 7) is 7.59. The molecule has 0 spiro atoms. The standard InChI is InChI=1S/C26H31N5O5S2/c1-4-36-26(33)23-21-11-16-30(18(2)3)17-22(21)37-25(23)29-24(32)19-7-9-20(10-8-19)38(34,35)31(14-5-12-27)15-6-13-28/h7-10,18H,4-6,11,14-17H2,1-3H3,(H,29,32). The molecule has 3 rings (SSSR count). The van der Waals surface area contributed by atoms with Gasteiger partial charge >= 0.3 is 5.97 Å². The van der Waals surface area contributed by atoms with Crippen molar-refractivity contribution in [3.63, 3.8) is 0 Å². The third-order valence-corrected chi connectivity index (χ3v) is 9.27. The SMILES string of the molecule is CCOC(=O)c1c(NC(=O)c2ccc(S(=O)(=O)N(CCC#N)CCC#N)cc2)sc2c1CCN(C(C)C)C2. The van der Waals surface area contributed by atoms with Crippen molar-refractivity contribution in [3.8, 4) is 12.1 Å². The van der Waals surface area contributed by atoms with Gasteiger partial charge in [0, 0.05) is 55.5 Å². The smallest absolute Gasteiger partial charge is 0.341 e. The second-order valence-corrected chi connectivity index (χ2v) is 12.0. The Morgan fingerprint density at radius 1 is 1.16 bits per heavy atom. The van der Waals surface area contributed by atoms with Gasteiger partial charge in [-0.2, -0.15) is 14.8 Å². The molecule has 0 unspecified atom stereocenters. The van der Waals surface area contributed by atoms with Crippen LogP contribution in [0.1, 0.15) is 64.8 Å². The Balaban J connectivity index is 1.85. The van der Waals surface area contributed by atoms with Gasteiger partial charge in [0.15, 0.2) is 0 Å². The number of nitrogens with one attached hydrogen (secondary N) is 1. The fourth-order valence-corrected chi connectivity index (χ4v) is 6.87. The number of hydrogen-bond acceptors (Lipinski definition) is 9.